The van der Waals surface area contributed by atoms with Crippen LogP contribution in [0.2, 0.25) is 0 Å². The van der Waals surface area contributed by atoms with Gasteiger partial charge in [-0.1, -0.05) is 6.07 Å². The topological polar surface area (TPSA) is 87.6 Å². The van der Waals surface area contributed by atoms with E-state index in [1.165, 1.54) is 4.57 Å². The lowest BCUT2D eigenvalue weighted by Crippen LogP contribution is -2.35. The highest BCUT2D eigenvalue weighted by molar-refractivity contribution is 5.73. The van der Waals surface area contributed by atoms with Crippen molar-refractivity contribution in [1.82, 2.24) is 9.88 Å². The first-order valence-electron chi connectivity index (χ1n) is 5.69. The summed E-state index contributed by atoms with van der Waals surface area (Å²) in [6.45, 7) is 0.257. The van der Waals surface area contributed by atoms with Crippen LogP contribution < -0.4 is 11.1 Å². The van der Waals surface area contributed by atoms with Crippen LogP contribution in [-0.2, 0) is 13.6 Å². The second-order valence-electron chi connectivity index (χ2n) is 4.17. The van der Waals surface area contributed by atoms with E-state index in [-0.39, 0.29) is 19.3 Å². The Balaban J connectivity index is 2.19. The predicted octanol–water partition coefficient (Wildman–Crippen LogP) is -0.426. The third-order valence-electron chi connectivity index (χ3n) is 2.89. The minimum absolute atomic E-state index is 0.122. The summed E-state index contributed by atoms with van der Waals surface area (Å²) in [5.74, 6) is -0.390. The molecule has 0 unspecified atom stereocenters. The second kappa shape index (κ2) is 5.34. The van der Waals surface area contributed by atoms with Crippen LogP contribution in [0.5, 0.6) is 0 Å². The van der Waals surface area contributed by atoms with E-state index in [2.05, 4.69) is 5.32 Å². The maximum absolute atomic E-state index is 11.3. The molecule has 0 spiro atoms. The van der Waals surface area contributed by atoms with Crippen molar-refractivity contribution in [1.29, 1.82) is 0 Å². The molecule has 3 N–H and O–H groups in total. The molecule has 18 heavy (non-hydrogen) atoms. The number of rotatable bonds is 5. The van der Waals surface area contributed by atoms with E-state index < -0.39 is 5.76 Å². The normalized spacial score (nSPS) is 11.6. The summed E-state index contributed by atoms with van der Waals surface area (Å²) in [4.78, 5) is 11.3. The highest BCUT2D eigenvalue weighted by Crippen LogP contribution is 2.14. The van der Waals surface area contributed by atoms with Gasteiger partial charge in [0.2, 0.25) is 0 Å². The van der Waals surface area contributed by atoms with Gasteiger partial charge in [0.15, 0.2) is 5.58 Å². The van der Waals surface area contributed by atoms with Crippen molar-refractivity contribution in [2.24, 2.45) is 7.05 Å². The summed E-state index contributed by atoms with van der Waals surface area (Å²) in [5, 5.41) is 20.9. The molecule has 0 atom stereocenters. The molecule has 6 nitrogen and oxygen atoms in total. The lowest BCUT2D eigenvalue weighted by atomic mass is 10.2. The fourth-order valence-corrected chi connectivity index (χ4v) is 1.73. The van der Waals surface area contributed by atoms with Gasteiger partial charge in [-0.2, -0.15) is 0 Å². The molecule has 2 aromatic rings. The zero-order chi connectivity index (χ0) is 13.1. The molecule has 0 fully saturated rings. The third kappa shape index (κ3) is 2.45. The minimum Gasteiger partial charge on any atom is -0.408 e. The quantitative estimate of drug-likeness (QED) is 0.672. The Morgan fingerprint density at radius 3 is 2.78 bits per heavy atom. The standard InChI is InChI=1S/C12H16N2O4/c1-14-10-4-8(5-13-9(6-15)7-16)2-3-11(10)18-12(14)17/h2-4,9,13,15-16H,5-7H2,1H3. The lowest BCUT2D eigenvalue weighted by Gasteiger charge is -2.13. The van der Waals surface area contributed by atoms with Gasteiger partial charge < -0.3 is 19.9 Å². The maximum atomic E-state index is 11.3. The van der Waals surface area contributed by atoms with Crippen molar-refractivity contribution in [2.75, 3.05) is 13.2 Å². The van der Waals surface area contributed by atoms with Gasteiger partial charge in [-0.3, -0.25) is 4.57 Å². The number of hydrogen-bond acceptors (Lipinski definition) is 5. The Labute approximate surface area is 103 Å². The Kier molecular flexibility index (Phi) is 3.81. The predicted molar refractivity (Wildman–Crippen MR) is 66.3 cm³/mol. The molecular formula is C12H16N2O4. The van der Waals surface area contributed by atoms with Gasteiger partial charge in [0.25, 0.3) is 0 Å². The number of aliphatic hydroxyl groups is 2. The van der Waals surface area contributed by atoms with Crippen LogP contribution in [0.4, 0.5) is 0 Å². The zero-order valence-corrected chi connectivity index (χ0v) is 10.1. The molecule has 0 aliphatic carbocycles. The summed E-state index contributed by atoms with van der Waals surface area (Å²) < 4.78 is 6.47. The van der Waals surface area contributed by atoms with Crippen molar-refractivity contribution in [3.8, 4) is 0 Å². The molecule has 0 saturated heterocycles. The number of nitrogens with zero attached hydrogens (tertiary/aromatic N) is 1. The maximum Gasteiger partial charge on any atom is 0.419 e. The number of benzene rings is 1. The van der Waals surface area contributed by atoms with Crippen molar-refractivity contribution < 1.29 is 14.6 Å². The summed E-state index contributed by atoms with van der Waals surface area (Å²) in [5.41, 5.74) is 2.22. The van der Waals surface area contributed by atoms with E-state index >= 15 is 0 Å². The fraction of sp³-hybridized carbons (Fsp3) is 0.417. The Morgan fingerprint density at radius 1 is 1.39 bits per heavy atom. The smallest absolute Gasteiger partial charge is 0.408 e. The molecule has 0 bridgehead atoms. The first kappa shape index (κ1) is 12.8. The molecule has 1 heterocycles. The molecule has 0 radical (unpaired) electrons. The molecular weight excluding hydrogens is 236 g/mol. The number of fused-ring (bicyclic) bond motifs is 1. The van der Waals surface area contributed by atoms with E-state index in [1.54, 1.807) is 13.1 Å². The molecule has 0 aliphatic heterocycles. The summed E-state index contributed by atoms with van der Waals surface area (Å²) in [6.07, 6.45) is 0. The SMILES string of the molecule is Cn1c(=O)oc2ccc(CNC(CO)CO)cc21. The van der Waals surface area contributed by atoms with Crippen LogP contribution >= 0.6 is 0 Å². The average Bonchev–Trinajstić information content (AvgIpc) is 2.67. The first-order valence-corrected chi connectivity index (χ1v) is 5.69. The molecule has 1 aromatic heterocycles. The molecule has 98 valence electrons. The van der Waals surface area contributed by atoms with Gasteiger partial charge in [-0.15, -0.1) is 0 Å². The van der Waals surface area contributed by atoms with Gasteiger partial charge in [0, 0.05) is 13.6 Å². The average molecular weight is 252 g/mol. The van der Waals surface area contributed by atoms with Gasteiger partial charge in [-0.05, 0) is 17.7 Å². The number of oxazole rings is 1. The Morgan fingerprint density at radius 2 is 2.11 bits per heavy atom. The van der Waals surface area contributed by atoms with Crippen LogP contribution in [0.25, 0.3) is 11.1 Å². The van der Waals surface area contributed by atoms with Crippen LogP contribution in [-0.4, -0.2) is 34.0 Å². The number of aliphatic hydroxyl groups excluding tert-OH is 2. The van der Waals surface area contributed by atoms with Crippen molar-refractivity contribution >= 4 is 11.1 Å². The molecule has 0 amide bonds. The van der Waals surface area contributed by atoms with E-state index in [4.69, 9.17) is 14.6 Å². The zero-order valence-electron chi connectivity index (χ0n) is 10.1. The molecule has 6 heteroatoms. The van der Waals surface area contributed by atoms with E-state index in [0.29, 0.717) is 12.1 Å². The first-order chi connectivity index (χ1) is 8.65. The largest absolute Gasteiger partial charge is 0.419 e. The van der Waals surface area contributed by atoms with Crippen molar-refractivity contribution in [3.63, 3.8) is 0 Å². The second-order valence-corrected chi connectivity index (χ2v) is 4.17. The minimum atomic E-state index is -0.390. The lowest BCUT2D eigenvalue weighted by molar-refractivity contribution is 0.170. The monoisotopic (exact) mass is 252 g/mol. The fourth-order valence-electron chi connectivity index (χ4n) is 1.73. The summed E-state index contributed by atoms with van der Waals surface area (Å²) >= 11 is 0. The summed E-state index contributed by atoms with van der Waals surface area (Å²) in [7, 11) is 1.65. The van der Waals surface area contributed by atoms with E-state index in [0.717, 1.165) is 11.1 Å². The summed E-state index contributed by atoms with van der Waals surface area (Å²) in [6, 6.07) is 5.08. The van der Waals surface area contributed by atoms with Crippen LogP contribution in [0, 0.1) is 0 Å². The van der Waals surface area contributed by atoms with Crippen LogP contribution in [0.3, 0.4) is 0 Å². The molecule has 0 saturated carbocycles. The number of hydrogen-bond donors (Lipinski definition) is 3. The number of nitrogens with one attached hydrogen (secondary N) is 1. The highest BCUT2D eigenvalue weighted by Gasteiger charge is 2.08. The van der Waals surface area contributed by atoms with Gasteiger partial charge in [-0.25, -0.2) is 4.79 Å². The highest BCUT2D eigenvalue weighted by atomic mass is 16.4. The van der Waals surface area contributed by atoms with Crippen molar-refractivity contribution in [3.05, 3.63) is 34.3 Å². The van der Waals surface area contributed by atoms with Crippen LogP contribution in [0.1, 0.15) is 5.56 Å². The molecule has 1 aromatic carbocycles. The van der Waals surface area contributed by atoms with Crippen molar-refractivity contribution in [2.45, 2.75) is 12.6 Å². The Hall–Kier alpha value is -1.63. The number of aryl methyl sites for hydroxylation is 1. The van der Waals surface area contributed by atoms with E-state index in [1.807, 2.05) is 12.1 Å². The van der Waals surface area contributed by atoms with Gasteiger partial charge in [0.05, 0.1) is 24.8 Å². The Bertz CT molecular complexity index is 583. The number of aromatic nitrogens is 1. The third-order valence-corrected chi connectivity index (χ3v) is 2.89. The van der Waals surface area contributed by atoms with E-state index in [9.17, 15) is 4.79 Å². The van der Waals surface area contributed by atoms with Crippen LogP contribution in [0.15, 0.2) is 27.4 Å². The van der Waals surface area contributed by atoms with Gasteiger partial charge >= 0.3 is 5.76 Å². The molecule has 0 aliphatic rings. The van der Waals surface area contributed by atoms with Gasteiger partial charge in [0.1, 0.15) is 0 Å². The molecule has 2 rings (SSSR count).